The Bertz CT molecular complexity index is 969. The Balaban J connectivity index is 1.42. The molecule has 1 fully saturated rings. The van der Waals surface area contributed by atoms with E-state index in [4.69, 9.17) is 11.6 Å². The number of likely N-dealkylation sites (tertiary alicyclic amines) is 1. The summed E-state index contributed by atoms with van der Waals surface area (Å²) in [7, 11) is 0. The smallest absolute Gasteiger partial charge is 0.222 e. The number of rotatable bonds is 5. The van der Waals surface area contributed by atoms with E-state index in [1.807, 2.05) is 29.2 Å². The molecule has 1 aliphatic rings. The first-order valence-corrected chi connectivity index (χ1v) is 10.3. The van der Waals surface area contributed by atoms with Gasteiger partial charge in [-0.15, -0.1) is 0 Å². The molecule has 1 saturated heterocycles. The summed E-state index contributed by atoms with van der Waals surface area (Å²) in [4.78, 5) is 14.7. The average molecular weight is 412 g/mol. The number of carbonyl (C=O) groups is 1. The number of nitrogens with one attached hydrogen (secondary N) is 1. The van der Waals surface area contributed by atoms with Crippen LogP contribution in [-0.4, -0.2) is 34.1 Å². The van der Waals surface area contributed by atoms with Crippen molar-refractivity contribution < 1.29 is 9.18 Å². The summed E-state index contributed by atoms with van der Waals surface area (Å²) in [5.74, 6) is 0.118. The molecule has 1 aromatic heterocycles. The van der Waals surface area contributed by atoms with Gasteiger partial charge < -0.3 is 4.90 Å². The molecule has 4 nitrogen and oxygen atoms in total. The Labute approximate surface area is 174 Å². The van der Waals surface area contributed by atoms with Crippen LogP contribution >= 0.6 is 11.6 Å². The molecule has 29 heavy (non-hydrogen) atoms. The topological polar surface area (TPSA) is 49.0 Å². The van der Waals surface area contributed by atoms with E-state index in [-0.39, 0.29) is 17.6 Å². The molecule has 1 atom stereocenters. The van der Waals surface area contributed by atoms with Crippen molar-refractivity contribution in [3.63, 3.8) is 0 Å². The third-order valence-corrected chi connectivity index (χ3v) is 5.80. The molecular weight excluding hydrogens is 389 g/mol. The van der Waals surface area contributed by atoms with Crippen molar-refractivity contribution in [1.82, 2.24) is 15.1 Å². The van der Waals surface area contributed by atoms with Gasteiger partial charge in [0.1, 0.15) is 5.82 Å². The summed E-state index contributed by atoms with van der Waals surface area (Å²) in [5, 5.41) is 8.04. The van der Waals surface area contributed by atoms with Gasteiger partial charge in [-0.2, -0.15) is 5.10 Å². The molecule has 1 amide bonds. The summed E-state index contributed by atoms with van der Waals surface area (Å²) < 4.78 is 13.3. The predicted octanol–water partition coefficient (Wildman–Crippen LogP) is 5.21. The molecule has 6 heteroatoms. The molecule has 1 N–H and O–H groups in total. The highest BCUT2D eigenvalue weighted by molar-refractivity contribution is 6.30. The Morgan fingerprint density at radius 1 is 1.17 bits per heavy atom. The minimum Gasteiger partial charge on any atom is -0.342 e. The van der Waals surface area contributed by atoms with E-state index in [1.165, 1.54) is 12.1 Å². The van der Waals surface area contributed by atoms with Gasteiger partial charge >= 0.3 is 0 Å². The van der Waals surface area contributed by atoms with Crippen LogP contribution in [0.1, 0.15) is 36.4 Å². The van der Waals surface area contributed by atoms with Crippen LogP contribution in [-0.2, 0) is 11.2 Å². The van der Waals surface area contributed by atoms with Crippen molar-refractivity contribution in [1.29, 1.82) is 0 Å². The number of halogens is 2. The zero-order valence-electron chi connectivity index (χ0n) is 16.1. The largest absolute Gasteiger partial charge is 0.342 e. The van der Waals surface area contributed by atoms with Crippen LogP contribution in [0.15, 0.2) is 54.7 Å². The van der Waals surface area contributed by atoms with E-state index in [0.29, 0.717) is 24.4 Å². The van der Waals surface area contributed by atoms with E-state index in [9.17, 15) is 9.18 Å². The first-order valence-electron chi connectivity index (χ1n) is 9.91. The maximum absolute atomic E-state index is 13.3. The number of hydrogen-bond donors (Lipinski definition) is 1. The Kier molecular flexibility index (Phi) is 5.95. The zero-order valence-corrected chi connectivity index (χ0v) is 16.8. The summed E-state index contributed by atoms with van der Waals surface area (Å²) in [5.41, 5.74) is 4.04. The minimum atomic E-state index is -0.256. The predicted molar refractivity (Wildman–Crippen MR) is 112 cm³/mol. The number of piperidine rings is 1. The SMILES string of the molecule is O=C(CCc1ccc(Cl)cc1)N1CCCC(c2[nH]ncc2-c2ccc(F)cc2)C1. The second-order valence-corrected chi connectivity index (χ2v) is 7.95. The van der Waals surface area contributed by atoms with E-state index >= 15 is 0 Å². The van der Waals surface area contributed by atoms with Gasteiger partial charge in [0.2, 0.25) is 5.91 Å². The molecule has 1 aliphatic heterocycles. The van der Waals surface area contributed by atoms with Gasteiger partial charge in [0.25, 0.3) is 0 Å². The Hall–Kier alpha value is -2.66. The van der Waals surface area contributed by atoms with Gasteiger partial charge in [-0.05, 0) is 54.7 Å². The van der Waals surface area contributed by atoms with Gasteiger partial charge in [-0.1, -0.05) is 35.9 Å². The van der Waals surface area contributed by atoms with Crippen LogP contribution < -0.4 is 0 Å². The molecule has 0 aliphatic carbocycles. The number of aryl methyl sites for hydroxylation is 1. The summed E-state index contributed by atoms with van der Waals surface area (Å²) in [6.45, 7) is 1.46. The highest BCUT2D eigenvalue weighted by Crippen LogP contribution is 2.33. The van der Waals surface area contributed by atoms with Crippen LogP contribution in [0.2, 0.25) is 5.02 Å². The quantitative estimate of drug-likeness (QED) is 0.626. The van der Waals surface area contributed by atoms with Crippen molar-refractivity contribution in [2.45, 2.75) is 31.6 Å². The van der Waals surface area contributed by atoms with E-state index in [0.717, 1.165) is 41.8 Å². The first kappa shape index (κ1) is 19.6. The van der Waals surface area contributed by atoms with Gasteiger partial charge in [0.05, 0.1) is 6.20 Å². The third kappa shape index (κ3) is 4.67. The molecule has 150 valence electrons. The van der Waals surface area contributed by atoms with Crippen molar-refractivity contribution in [2.75, 3.05) is 13.1 Å². The normalized spacial score (nSPS) is 16.8. The maximum Gasteiger partial charge on any atom is 0.222 e. The van der Waals surface area contributed by atoms with Gasteiger partial charge in [0.15, 0.2) is 0 Å². The number of benzene rings is 2. The lowest BCUT2D eigenvalue weighted by Crippen LogP contribution is -2.39. The first-order chi connectivity index (χ1) is 14.1. The molecular formula is C23H23ClFN3O. The fourth-order valence-electron chi connectivity index (χ4n) is 3.97. The summed E-state index contributed by atoms with van der Waals surface area (Å²) in [6.07, 6.45) is 4.94. The zero-order chi connectivity index (χ0) is 20.2. The molecule has 1 unspecified atom stereocenters. The lowest BCUT2D eigenvalue weighted by Gasteiger charge is -2.33. The molecule has 0 bridgehead atoms. The van der Waals surface area contributed by atoms with Gasteiger partial charge in [-0.3, -0.25) is 9.89 Å². The van der Waals surface area contributed by atoms with Gasteiger partial charge in [0, 0.05) is 41.7 Å². The Morgan fingerprint density at radius 2 is 1.93 bits per heavy atom. The number of aromatic amines is 1. The number of hydrogen-bond acceptors (Lipinski definition) is 2. The molecule has 4 rings (SSSR count). The number of H-pyrrole nitrogens is 1. The standard InChI is InChI=1S/C23H23ClFN3O/c24-19-8-3-16(4-9-19)5-12-22(29)28-13-1-2-18(15-28)23-21(14-26-27-23)17-6-10-20(25)11-7-17/h3-4,6-11,14,18H,1-2,5,12-13,15H2,(H,26,27). The number of amides is 1. The third-order valence-electron chi connectivity index (χ3n) is 5.55. The van der Waals surface area contributed by atoms with E-state index < -0.39 is 0 Å². The number of carbonyl (C=O) groups excluding carboxylic acids is 1. The number of aromatic nitrogens is 2. The van der Waals surface area contributed by atoms with Crippen LogP contribution in [0.25, 0.3) is 11.1 Å². The molecule has 3 aromatic rings. The lowest BCUT2D eigenvalue weighted by atomic mass is 9.90. The van der Waals surface area contributed by atoms with Crippen LogP contribution in [0, 0.1) is 5.82 Å². The minimum absolute atomic E-state index is 0.174. The van der Waals surface area contributed by atoms with Crippen molar-refractivity contribution in [3.05, 3.63) is 76.8 Å². The second-order valence-electron chi connectivity index (χ2n) is 7.51. The summed E-state index contributed by atoms with van der Waals surface area (Å²) in [6, 6.07) is 14.1. The van der Waals surface area contributed by atoms with Crippen LogP contribution in [0.4, 0.5) is 4.39 Å². The molecule has 2 heterocycles. The monoisotopic (exact) mass is 411 g/mol. The van der Waals surface area contributed by atoms with Crippen molar-refractivity contribution >= 4 is 17.5 Å². The van der Waals surface area contributed by atoms with Crippen molar-refractivity contribution in [2.24, 2.45) is 0 Å². The average Bonchev–Trinajstić information content (AvgIpc) is 3.24. The van der Waals surface area contributed by atoms with Crippen LogP contribution in [0.5, 0.6) is 0 Å². The molecule has 0 saturated carbocycles. The van der Waals surface area contributed by atoms with E-state index in [2.05, 4.69) is 10.2 Å². The highest BCUT2D eigenvalue weighted by Gasteiger charge is 2.27. The molecule has 0 spiro atoms. The van der Waals surface area contributed by atoms with Crippen molar-refractivity contribution in [3.8, 4) is 11.1 Å². The second kappa shape index (κ2) is 8.78. The molecule has 2 aromatic carbocycles. The maximum atomic E-state index is 13.3. The lowest BCUT2D eigenvalue weighted by molar-refractivity contribution is -0.132. The van der Waals surface area contributed by atoms with Gasteiger partial charge in [-0.25, -0.2) is 4.39 Å². The fraction of sp³-hybridized carbons (Fsp3) is 0.304. The molecule has 0 radical (unpaired) electrons. The highest BCUT2D eigenvalue weighted by atomic mass is 35.5. The fourth-order valence-corrected chi connectivity index (χ4v) is 4.09. The summed E-state index contributed by atoms with van der Waals surface area (Å²) >= 11 is 5.92. The van der Waals surface area contributed by atoms with Crippen LogP contribution in [0.3, 0.4) is 0 Å². The van der Waals surface area contributed by atoms with E-state index in [1.54, 1.807) is 18.3 Å². The Morgan fingerprint density at radius 3 is 2.69 bits per heavy atom. The number of nitrogens with zero attached hydrogens (tertiary/aromatic N) is 2.